The second-order valence-electron chi connectivity index (χ2n) is 6.19. The van der Waals surface area contributed by atoms with Gasteiger partial charge in [-0.2, -0.15) is 0 Å². The number of halogens is 1. The Morgan fingerprint density at radius 3 is 2.85 bits per heavy atom. The number of Topliss-reactive ketones (excluding diaryl/α,β-unsaturated/α-hetero) is 1. The van der Waals surface area contributed by atoms with Gasteiger partial charge in [-0.1, -0.05) is 6.07 Å². The van der Waals surface area contributed by atoms with Gasteiger partial charge in [-0.05, 0) is 49.2 Å². The lowest BCUT2D eigenvalue weighted by atomic mass is 10.2. The Morgan fingerprint density at radius 2 is 2.15 bits per heavy atom. The van der Waals surface area contributed by atoms with Crippen LogP contribution in [0, 0.1) is 11.7 Å². The van der Waals surface area contributed by atoms with E-state index >= 15 is 0 Å². The third kappa shape index (κ3) is 3.44. The van der Waals surface area contributed by atoms with E-state index in [1.165, 1.54) is 23.1 Å². The molecule has 2 heterocycles. The predicted molar refractivity (Wildman–Crippen MR) is 89.4 cm³/mol. The average Bonchev–Trinajstić information content (AvgIpc) is 3.38. The lowest BCUT2D eigenvalue weighted by Crippen LogP contribution is -2.08. The van der Waals surface area contributed by atoms with Gasteiger partial charge in [0.1, 0.15) is 17.3 Å². The third-order valence-electron chi connectivity index (χ3n) is 4.08. The van der Waals surface area contributed by atoms with Crippen LogP contribution in [0.4, 0.5) is 4.39 Å². The summed E-state index contributed by atoms with van der Waals surface area (Å²) >= 11 is 0. The molecule has 0 amide bonds. The number of ether oxygens (including phenoxy) is 1. The van der Waals surface area contributed by atoms with Gasteiger partial charge in [0, 0.05) is 12.0 Å². The van der Waals surface area contributed by atoms with Crippen LogP contribution in [0.15, 0.2) is 42.6 Å². The van der Waals surface area contributed by atoms with Gasteiger partial charge in [0.05, 0.1) is 11.9 Å². The Balaban J connectivity index is 1.45. The number of carbonyl (C=O) groups excluding carboxylic acids is 1. The SMILES string of the molecule is CC(Oc1ccc(C(=O)C2CC2)nc1)c1nnn(-c2cccc(F)c2)n1. The maximum Gasteiger partial charge on any atom is 0.215 e. The van der Waals surface area contributed by atoms with Crippen LogP contribution in [0.2, 0.25) is 0 Å². The van der Waals surface area contributed by atoms with Crippen LogP contribution in [0.1, 0.15) is 42.2 Å². The second kappa shape index (κ2) is 6.62. The van der Waals surface area contributed by atoms with E-state index in [0.29, 0.717) is 23.0 Å². The molecule has 132 valence electrons. The number of aromatic nitrogens is 5. The highest BCUT2D eigenvalue weighted by molar-refractivity contribution is 5.97. The van der Waals surface area contributed by atoms with Crippen LogP contribution in [0.3, 0.4) is 0 Å². The van der Waals surface area contributed by atoms with Crippen molar-refractivity contribution in [2.45, 2.75) is 25.9 Å². The zero-order valence-corrected chi connectivity index (χ0v) is 14.0. The Morgan fingerprint density at radius 1 is 1.31 bits per heavy atom. The normalized spacial score (nSPS) is 14.8. The Bertz CT molecular complexity index is 937. The van der Waals surface area contributed by atoms with Crippen molar-refractivity contribution in [3.05, 3.63) is 59.9 Å². The van der Waals surface area contributed by atoms with Crippen molar-refractivity contribution in [3.63, 3.8) is 0 Å². The molecule has 0 aliphatic heterocycles. The van der Waals surface area contributed by atoms with Crippen LogP contribution in [0.25, 0.3) is 5.69 Å². The molecule has 4 rings (SSSR count). The van der Waals surface area contributed by atoms with Crippen molar-refractivity contribution >= 4 is 5.78 Å². The molecule has 26 heavy (non-hydrogen) atoms. The molecule has 1 aromatic carbocycles. The van der Waals surface area contributed by atoms with E-state index in [4.69, 9.17) is 4.74 Å². The quantitative estimate of drug-likeness (QED) is 0.634. The van der Waals surface area contributed by atoms with Gasteiger partial charge < -0.3 is 4.74 Å². The standard InChI is InChI=1S/C18H16FN5O2/c1-11(18-21-23-24(22-18)14-4-2-3-13(19)9-14)26-15-7-8-16(20-10-15)17(25)12-5-6-12/h2-4,7-12H,5-6H2,1H3. The van der Waals surface area contributed by atoms with Gasteiger partial charge in [-0.25, -0.2) is 9.37 Å². The second-order valence-corrected chi connectivity index (χ2v) is 6.19. The third-order valence-corrected chi connectivity index (χ3v) is 4.08. The average molecular weight is 353 g/mol. The molecule has 8 heteroatoms. The zero-order valence-electron chi connectivity index (χ0n) is 14.0. The first-order chi connectivity index (χ1) is 12.6. The number of hydrogen-bond acceptors (Lipinski definition) is 6. The van der Waals surface area contributed by atoms with Gasteiger partial charge in [0.2, 0.25) is 5.82 Å². The number of rotatable bonds is 6. The van der Waals surface area contributed by atoms with Crippen LogP contribution >= 0.6 is 0 Å². The van der Waals surface area contributed by atoms with Crippen LogP contribution < -0.4 is 4.74 Å². The number of hydrogen-bond donors (Lipinski definition) is 0. The summed E-state index contributed by atoms with van der Waals surface area (Å²) in [5, 5.41) is 12.1. The molecule has 0 N–H and O–H groups in total. The minimum Gasteiger partial charge on any atom is -0.481 e. The summed E-state index contributed by atoms with van der Waals surface area (Å²) in [6, 6.07) is 9.29. The molecule has 1 aliphatic carbocycles. The first-order valence-electron chi connectivity index (χ1n) is 8.33. The summed E-state index contributed by atoms with van der Waals surface area (Å²) in [6.07, 6.45) is 2.93. The highest BCUT2D eigenvalue weighted by atomic mass is 19.1. The van der Waals surface area contributed by atoms with Crippen molar-refractivity contribution in [2.75, 3.05) is 0 Å². The van der Waals surface area contributed by atoms with Crippen LogP contribution in [-0.4, -0.2) is 31.0 Å². The maximum atomic E-state index is 13.3. The van der Waals surface area contributed by atoms with Gasteiger partial charge in [-0.15, -0.1) is 15.0 Å². The van der Waals surface area contributed by atoms with E-state index in [2.05, 4.69) is 20.4 Å². The van der Waals surface area contributed by atoms with E-state index in [-0.39, 0.29) is 17.5 Å². The van der Waals surface area contributed by atoms with Crippen molar-refractivity contribution in [1.29, 1.82) is 0 Å². The number of benzene rings is 1. The number of nitrogens with zero attached hydrogens (tertiary/aromatic N) is 5. The molecule has 2 aromatic heterocycles. The van der Waals surface area contributed by atoms with Crippen molar-refractivity contribution in [1.82, 2.24) is 25.2 Å². The van der Waals surface area contributed by atoms with Crippen LogP contribution in [0.5, 0.6) is 5.75 Å². The molecule has 1 unspecified atom stereocenters. The van der Waals surface area contributed by atoms with Gasteiger partial charge >= 0.3 is 0 Å². The molecule has 0 radical (unpaired) electrons. The summed E-state index contributed by atoms with van der Waals surface area (Å²) in [6.45, 7) is 1.77. The lowest BCUT2D eigenvalue weighted by Gasteiger charge is -2.10. The summed E-state index contributed by atoms with van der Waals surface area (Å²) in [4.78, 5) is 17.4. The highest BCUT2D eigenvalue weighted by Gasteiger charge is 2.31. The maximum absolute atomic E-state index is 13.3. The van der Waals surface area contributed by atoms with E-state index in [9.17, 15) is 9.18 Å². The van der Waals surface area contributed by atoms with E-state index in [0.717, 1.165) is 12.8 Å². The van der Waals surface area contributed by atoms with E-state index in [1.807, 2.05) is 0 Å². The fourth-order valence-electron chi connectivity index (χ4n) is 2.50. The van der Waals surface area contributed by atoms with E-state index < -0.39 is 6.10 Å². The Hall–Kier alpha value is -3.16. The highest BCUT2D eigenvalue weighted by Crippen LogP contribution is 2.32. The molecular formula is C18H16FN5O2. The zero-order chi connectivity index (χ0) is 18.1. The van der Waals surface area contributed by atoms with Crippen molar-refractivity contribution in [2.24, 2.45) is 5.92 Å². The molecule has 7 nitrogen and oxygen atoms in total. The number of carbonyl (C=O) groups is 1. The monoisotopic (exact) mass is 353 g/mol. The van der Waals surface area contributed by atoms with E-state index in [1.54, 1.807) is 31.2 Å². The molecule has 1 atom stereocenters. The van der Waals surface area contributed by atoms with Crippen molar-refractivity contribution in [3.8, 4) is 11.4 Å². The first kappa shape index (κ1) is 16.3. The fourth-order valence-corrected chi connectivity index (χ4v) is 2.50. The minimum absolute atomic E-state index is 0.0873. The van der Waals surface area contributed by atoms with Crippen molar-refractivity contribution < 1.29 is 13.9 Å². The Kier molecular flexibility index (Phi) is 4.16. The summed E-state index contributed by atoms with van der Waals surface area (Å²) in [5.74, 6) is 0.705. The molecule has 1 aliphatic rings. The van der Waals surface area contributed by atoms with Gasteiger partial charge in [0.25, 0.3) is 0 Å². The molecule has 0 spiro atoms. The molecule has 1 saturated carbocycles. The van der Waals surface area contributed by atoms with Crippen LogP contribution in [-0.2, 0) is 0 Å². The number of ketones is 1. The summed E-state index contributed by atoms with van der Waals surface area (Å²) < 4.78 is 19.1. The largest absolute Gasteiger partial charge is 0.481 e. The number of pyridine rings is 1. The van der Waals surface area contributed by atoms with Gasteiger partial charge in [-0.3, -0.25) is 4.79 Å². The number of tetrazole rings is 1. The lowest BCUT2D eigenvalue weighted by molar-refractivity contribution is 0.0962. The first-order valence-corrected chi connectivity index (χ1v) is 8.33. The van der Waals surface area contributed by atoms with Gasteiger partial charge in [0.15, 0.2) is 11.9 Å². The smallest absolute Gasteiger partial charge is 0.215 e. The topological polar surface area (TPSA) is 82.8 Å². The molecular weight excluding hydrogens is 337 g/mol. The minimum atomic E-state index is -0.482. The molecule has 0 saturated heterocycles. The predicted octanol–water partition coefficient (Wildman–Crippen LogP) is 2.93. The fraction of sp³-hybridized carbons (Fsp3) is 0.278. The summed E-state index contributed by atoms with van der Waals surface area (Å²) in [7, 11) is 0. The Labute approximate surface area is 148 Å². The molecule has 3 aromatic rings. The molecule has 0 bridgehead atoms. The summed E-state index contributed by atoms with van der Waals surface area (Å²) in [5.41, 5.74) is 0.934. The molecule has 1 fully saturated rings.